The monoisotopic (exact) mass is 507 g/mol. The third kappa shape index (κ3) is 5.78. The van der Waals surface area contributed by atoms with E-state index in [-0.39, 0.29) is 42.4 Å². The lowest BCUT2D eigenvalue weighted by atomic mass is 9.60. The second kappa shape index (κ2) is 10.5. The molecule has 2 bridgehead atoms. The zero-order valence-electron chi connectivity index (χ0n) is 19.0. The number of hydrogen-bond acceptors (Lipinski definition) is 7. The molecule has 0 aromatic carbocycles. The van der Waals surface area contributed by atoms with Crippen LogP contribution in [0.4, 0.5) is 4.39 Å². The zero-order chi connectivity index (χ0) is 23.6. The van der Waals surface area contributed by atoms with E-state index in [0.29, 0.717) is 57.3 Å². The summed E-state index contributed by atoms with van der Waals surface area (Å²) in [6.45, 7) is 0.390. The van der Waals surface area contributed by atoms with Crippen LogP contribution in [0, 0.1) is 0 Å². The third-order valence-corrected chi connectivity index (χ3v) is 9.37. The molecule has 1 heterocycles. The van der Waals surface area contributed by atoms with Crippen molar-refractivity contribution >= 4 is 35.2 Å². The molecule has 0 spiro atoms. The van der Waals surface area contributed by atoms with Crippen molar-refractivity contribution in [2.45, 2.75) is 97.6 Å². The smallest absolute Gasteiger partial charge is 0.246 e. The van der Waals surface area contributed by atoms with Gasteiger partial charge in [0.2, 0.25) is 11.8 Å². The Bertz CT molecular complexity index is 726. The first-order chi connectivity index (χ1) is 15.7. The van der Waals surface area contributed by atoms with Gasteiger partial charge in [0.15, 0.2) is 0 Å². The number of carbonyl (C=O) groups excluding carboxylic acids is 2. The van der Waals surface area contributed by atoms with Crippen molar-refractivity contribution in [3.05, 3.63) is 0 Å². The third-order valence-electron chi connectivity index (χ3n) is 7.68. The molecule has 33 heavy (non-hydrogen) atoms. The first-order valence-corrected chi connectivity index (χ1v) is 13.3. The SMILES string of the molecule is COCC1NC(C(=O)NC23CCC(NC(=O)COC4CCC(Cl)C(F)C4)(CC2)[C@@H](O)C3)CS1. The minimum absolute atomic E-state index is 0.0435. The Morgan fingerprint density at radius 3 is 2.67 bits per heavy atom. The minimum atomic E-state index is -1.11. The topological polar surface area (TPSA) is 109 Å². The quantitative estimate of drug-likeness (QED) is 0.366. The van der Waals surface area contributed by atoms with Crippen LogP contribution in [0.15, 0.2) is 0 Å². The molecule has 5 aliphatic rings. The van der Waals surface area contributed by atoms with Gasteiger partial charge in [-0.1, -0.05) is 0 Å². The van der Waals surface area contributed by atoms with Gasteiger partial charge in [-0.15, -0.1) is 23.4 Å². The van der Waals surface area contributed by atoms with E-state index < -0.39 is 28.7 Å². The summed E-state index contributed by atoms with van der Waals surface area (Å²) in [4.78, 5) is 25.4. The lowest BCUT2D eigenvalue weighted by Crippen LogP contribution is -2.71. The van der Waals surface area contributed by atoms with Gasteiger partial charge in [-0.2, -0.15) is 0 Å². The van der Waals surface area contributed by atoms with Crippen LogP contribution in [0.2, 0.25) is 0 Å². The van der Waals surface area contributed by atoms with Crippen molar-refractivity contribution in [2.24, 2.45) is 0 Å². The molecule has 188 valence electrons. The highest BCUT2D eigenvalue weighted by Gasteiger charge is 2.55. The number of aliphatic hydroxyl groups excluding tert-OH is 1. The number of amides is 2. The van der Waals surface area contributed by atoms with Gasteiger partial charge < -0.3 is 25.2 Å². The maximum absolute atomic E-state index is 13.8. The van der Waals surface area contributed by atoms with Crippen LogP contribution < -0.4 is 16.0 Å². The van der Waals surface area contributed by atoms with Gasteiger partial charge in [0.1, 0.15) is 12.8 Å². The number of rotatable bonds is 8. The molecular weight excluding hydrogens is 473 g/mol. The fourth-order valence-corrected chi connectivity index (χ4v) is 7.04. The number of alkyl halides is 2. The predicted molar refractivity (Wildman–Crippen MR) is 124 cm³/mol. The highest BCUT2D eigenvalue weighted by molar-refractivity contribution is 8.00. The van der Waals surface area contributed by atoms with Crippen LogP contribution in [0.1, 0.15) is 51.4 Å². The van der Waals surface area contributed by atoms with Crippen LogP contribution >= 0.6 is 23.4 Å². The number of halogens is 2. The van der Waals surface area contributed by atoms with Gasteiger partial charge in [0.25, 0.3) is 0 Å². The average Bonchev–Trinajstić information content (AvgIpc) is 3.25. The number of thioether (sulfide) groups is 1. The molecule has 4 aliphatic carbocycles. The van der Waals surface area contributed by atoms with Crippen molar-refractivity contribution in [2.75, 3.05) is 26.1 Å². The van der Waals surface area contributed by atoms with Crippen LogP contribution in [-0.2, 0) is 19.1 Å². The standard InChI is InChI=1S/C22H35ClFN3O5S/c1-31-11-19-25-16(12-33-19)20(30)27-21-4-6-22(7-5-21,17(28)9-21)26-18(29)10-32-13-2-3-14(23)15(24)8-13/h13-17,19,25,28H,2-12H2,1H3,(H,26,29)(H,27,30)/t13?,14?,15?,16?,17-,19?,21?,22?/m0/s1. The molecule has 6 atom stereocenters. The van der Waals surface area contributed by atoms with Crippen LogP contribution in [0.3, 0.4) is 0 Å². The maximum Gasteiger partial charge on any atom is 0.246 e. The van der Waals surface area contributed by atoms with E-state index in [2.05, 4.69) is 16.0 Å². The number of ether oxygens (including phenoxy) is 2. The largest absolute Gasteiger partial charge is 0.391 e. The first-order valence-electron chi connectivity index (χ1n) is 11.8. The van der Waals surface area contributed by atoms with Crippen molar-refractivity contribution < 1.29 is 28.6 Å². The number of carbonyl (C=O) groups is 2. The molecule has 5 rings (SSSR count). The molecular formula is C22H35ClFN3O5S. The van der Waals surface area contributed by atoms with Crippen molar-refractivity contribution in [1.29, 1.82) is 0 Å². The average molecular weight is 508 g/mol. The molecule has 1 aliphatic heterocycles. The second-order valence-electron chi connectivity index (χ2n) is 9.97. The normalized spacial score (nSPS) is 42.8. The summed E-state index contributed by atoms with van der Waals surface area (Å²) in [5, 5.41) is 20.0. The van der Waals surface area contributed by atoms with Gasteiger partial charge in [-0.3, -0.25) is 14.9 Å². The second-order valence-corrected chi connectivity index (χ2v) is 11.8. The lowest BCUT2D eigenvalue weighted by molar-refractivity contribution is -0.140. The van der Waals surface area contributed by atoms with E-state index in [1.165, 1.54) is 0 Å². The Balaban J connectivity index is 1.25. The molecule has 0 aromatic rings. The van der Waals surface area contributed by atoms with E-state index in [1.807, 2.05) is 0 Å². The Morgan fingerprint density at radius 1 is 1.24 bits per heavy atom. The number of aliphatic hydroxyl groups is 1. The molecule has 5 unspecified atom stereocenters. The fraction of sp³-hybridized carbons (Fsp3) is 0.909. The lowest BCUT2D eigenvalue weighted by Gasteiger charge is -2.56. The summed E-state index contributed by atoms with van der Waals surface area (Å²) in [6.07, 6.45) is 2.18. The number of nitrogens with one attached hydrogen (secondary N) is 3. The van der Waals surface area contributed by atoms with E-state index in [1.54, 1.807) is 18.9 Å². The molecule has 8 nitrogen and oxygen atoms in total. The molecule has 0 radical (unpaired) electrons. The molecule has 4 saturated carbocycles. The van der Waals surface area contributed by atoms with Gasteiger partial charge in [-0.25, -0.2) is 4.39 Å². The maximum atomic E-state index is 13.8. The summed E-state index contributed by atoms with van der Waals surface area (Å²) in [5.74, 6) is 0.346. The highest BCUT2D eigenvalue weighted by Crippen LogP contribution is 2.47. The molecule has 0 aromatic heterocycles. The highest BCUT2D eigenvalue weighted by atomic mass is 35.5. The number of methoxy groups -OCH3 is 1. The Kier molecular flexibility index (Phi) is 8.12. The Morgan fingerprint density at radius 2 is 2.00 bits per heavy atom. The van der Waals surface area contributed by atoms with Crippen LogP contribution in [0.25, 0.3) is 0 Å². The van der Waals surface area contributed by atoms with Gasteiger partial charge in [0, 0.05) is 24.8 Å². The molecule has 2 amide bonds. The van der Waals surface area contributed by atoms with Crippen LogP contribution in [-0.4, -0.2) is 89.2 Å². The summed E-state index contributed by atoms with van der Waals surface area (Å²) >= 11 is 7.58. The van der Waals surface area contributed by atoms with E-state index >= 15 is 0 Å². The van der Waals surface area contributed by atoms with Gasteiger partial charge >= 0.3 is 0 Å². The van der Waals surface area contributed by atoms with Gasteiger partial charge in [-0.05, 0) is 44.9 Å². The number of fused-ring (bicyclic) bond motifs is 3. The summed E-state index contributed by atoms with van der Waals surface area (Å²) in [6, 6.07) is -0.273. The Labute approximate surface area is 203 Å². The predicted octanol–water partition coefficient (Wildman–Crippen LogP) is 1.23. The van der Waals surface area contributed by atoms with Crippen molar-refractivity contribution in [3.63, 3.8) is 0 Å². The zero-order valence-corrected chi connectivity index (χ0v) is 20.6. The Hall–Kier alpha value is -0.650. The molecule has 1 saturated heterocycles. The first kappa shape index (κ1) is 25.4. The molecule has 5 fully saturated rings. The van der Waals surface area contributed by atoms with Gasteiger partial charge in [0.05, 0.1) is 41.1 Å². The number of hydrogen-bond donors (Lipinski definition) is 4. The van der Waals surface area contributed by atoms with E-state index in [0.717, 1.165) is 0 Å². The van der Waals surface area contributed by atoms with Crippen molar-refractivity contribution in [1.82, 2.24) is 16.0 Å². The molecule has 11 heteroatoms. The fourth-order valence-electron chi connectivity index (χ4n) is 5.64. The van der Waals surface area contributed by atoms with Crippen molar-refractivity contribution in [3.8, 4) is 0 Å². The van der Waals surface area contributed by atoms with E-state index in [4.69, 9.17) is 21.1 Å². The molecule has 4 N–H and O–H groups in total. The van der Waals surface area contributed by atoms with Crippen LogP contribution in [0.5, 0.6) is 0 Å². The summed E-state index contributed by atoms with van der Waals surface area (Å²) in [5.41, 5.74) is -1.14. The van der Waals surface area contributed by atoms with E-state index in [9.17, 15) is 19.1 Å². The minimum Gasteiger partial charge on any atom is -0.391 e. The summed E-state index contributed by atoms with van der Waals surface area (Å²) in [7, 11) is 1.64. The summed E-state index contributed by atoms with van der Waals surface area (Å²) < 4.78 is 24.6.